The average Bonchev–Trinajstić information content (AvgIpc) is 3.31. The van der Waals surface area contributed by atoms with Gasteiger partial charge in [0.1, 0.15) is 0 Å². The van der Waals surface area contributed by atoms with Gasteiger partial charge in [0.2, 0.25) is 5.91 Å². The molecule has 6 heteroatoms. The maximum atomic E-state index is 13.3. The smallest absolute Gasteiger partial charge is 0.264 e. The summed E-state index contributed by atoms with van der Waals surface area (Å²) in [6.45, 7) is 2.65. The first-order valence-corrected chi connectivity index (χ1v) is 9.73. The van der Waals surface area contributed by atoms with Crippen LogP contribution in [0.3, 0.4) is 0 Å². The number of para-hydroxylation sites is 1. The molecule has 27 heavy (non-hydrogen) atoms. The van der Waals surface area contributed by atoms with Crippen LogP contribution >= 0.6 is 11.3 Å². The lowest BCUT2D eigenvalue weighted by molar-refractivity contribution is -0.117. The number of hydrogen-bond donors (Lipinski definition) is 0. The van der Waals surface area contributed by atoms with E-state index in [1.165, 1.54) is 11.3 Å². The number of amides is 2. The summed E-state index contributed by atoms with van der Waals surface area (Å²) in [6, 6.07) is 16.7. The molecule has 1 fully saturated rings. The van der Waals surface area contributed by atoms with E-state index in [0.29, 0.717) is 17.1 Å². The molecule has 0 bridgehead atoms. The molecule has 2 heterocycles. The second kappa shape index (κ2) is 7.32. The van der Waals surface area contributed by atoms with Crippen LogP contribution in [0.2, 0.25) is 0 Å². The van der Waals surface area contributed by atoms with Crippen molar-refractivity contribution in [1.29, 1.82) is 0 Å². The Hall–Kier alpha value is -2.99. The van der Waals surface area contributed by atoms with E-state index in [0.717, 1.165) is 30.0 Å². The molecule has 0 radical (unpaired) electrons. The monoisotopic (exact) mass is 377 g/mol. The first-order chi connectivity index (χ1) is 13.1. The maximum absolute atomic E-state index is 13.3. The molecule has 1 saturated heterocycles. The van der Waals surface area contributed by atoms with Crippen LogP contribution < -0.4 is 9.80 Å². The summed E-state index contributed by atoms with van der Waals surface area (Å²) in [6.07, 6.45) is 1.47. The van der Waals surface area contributed by atoms with Gasteiger partial charge in [-0.1, -0.05) is 18.2 Å². The van der Waals surface area contributed by atoms with E-state index in [9.17, 15) is 9.59 Å². The van der Waals surface area contributed by atoms with Gasteiger partial charge in [0, 0.05) is 29.6 Å². The second-order valence-corrected chi connectivity index (χ2v) is 7.28. The van der Waals surface area contributed by atoms with Gasteiger partial charge >= 0.3 is 0 Å². The zero-order chi connectivity index (χ0) is 18.8. The number of rotatable bonds is 4. The van der Waals surface area contributed by atoms with Crippen molar-refractivity contribution in [2.45, 2.75) is 19.8 Å². The van der Waals surface area contributed by atoms with Gasteiger partial charge in [-0.3, -0.25) is 14.5 Å². The Labute approximate surface area is 161 Å². The number of benzene rings is 2. The van der Waals surface area contributed by atoms with Crippen molar-refractivity contribution in [1.82, 2.24) is 4.98 Å². The second-order valence-electron chi connectivity index (χ2n) is 6.44. The minimum absolute atomic E-state index is 0.137. The van der Waals surface area contributed by atoms with E-state index < -0.39 is 0 Å². The number of nitrogens with zero attached hydrogens (tertiary/aromatic N) is 3. The highest BCUT2D eigenvalue weighted by molar-refractivity contribution is 7.14. The van der Waals surface area contributed by atoms with Gasteiger partial charge < -0.3 is 4.90 Å². The standard InChI is InChI=1S/C21H19N3O2S/c1-15-14-27-21(22-15)24(18-6-3-2-4-7-18)20(26)16-9-11-17(12-10-16)23-13-5-8-19(23)25/h2-4,6-7,9-12,14H,5,8,13H2,1H3. The lowest BCUT2D eigenvalue weighted by atomic mass is 10.1. The number of thiazole rings is 1. The van der Waals surface area contributed by atoms with Crippen LogP contribution in [0.15, 0.2) is 60.0 Å². The molecule has 0 atom stereocenters. The molecule has 2 amide bonds. The van der Waals surface area contributed by atoms with Gasteiger partial charge in [0.05, 0.1) is 11.4 Å². The normalized spacial score (nSPS) is 13.8. The van der Waals surface area contributed by atoms with Gasteiger partial charge in [-0.15, -0.1) is 11.3 Å². The van der Waals surface area contributed by atoms with Crippen LogP contribution in [0.5, 0.6) is 0 Å². The van der Waals surface area contributed by atoms with Crippen molar-refractivity contribution in [3.8, 4) is 0 Å². The summed E-state index contributed by atoms with van der Waals surface area (Å²) in [4.78, 5) is 33.1. The molecule has 3 aromatic rings. The Morgan fingerprint density at radius 3 is 2.44 bits per heavy atom. The molecule has 0 saturated carbocycles. The van der Waals surface area contributed by atoms with Crippen molar-refractivity contribution in [2.24, 2.45) is 0 Å². The largest absolute Gasteiger partial charge is 0.312 e. The fraction of sp³-hybridized carbons (Fsp3) is 0.190. The third-order valence-electron chi connectivity index (χ3n) is 4.52. The van der Waals surface area contributed by atoms with Crippen LogP contribution in [0, 0.1) is 6.92 Å². The highest BCUT2D eigenvalue weighted by Crippen LogP contribution is 2.31. The van der Waals surface area contributed by atoms with E-state index in [1.54, 1.807) is 21.9 Å². The number of anilines is 3. The Bertz CT molecular complexity index is 967. The molecule has 136 valence electrons. The zero-order valence-electron chi connectivity index (χ0n) is 15.0. The quantitative estimate of drug-likeness (QED) is 0.670. The Morgan fingerprint density at radius 2 is 1.85 bits per heavy atom. The fourth-order valence-electron chi connectivity index (χ4n) is 3.17. The molecule has 1 aliphatic rings. The van der Waals surface area contributed by atoms with Crippen LogP contribution in [0.25, 0.3) is 0 Å². The summed E-state index contributed by atoms with van der Waals surface area (Å²) in [5, 5.41) is 2.57. The van der Waals surface area contributed by atoms with Crippen LogP contribution in [0.4, 0.5) is 16.5 Å². The number of hydrogen-bond acceptors (Lipinski definition) is 4. The van der Waals surface area contributed by atoms with Crippen molar-refractivity contribution in [3.63, 3.8) is 0 Å². The first-order valence-electron chi connectivity index (χ1n) is 8.85. The average molecular weight is 377 g/mol. The molecule has 0 spiro atoms. The molecule has 0 aliphatic carbocycles. The third kappa shape index (κ3) is 3.48. The van der Waals surface area contributed by atoms with Gasteiger partial charge in [-0.25, -0.2) is 4.98 Å². The van der Waals surface area contributed by atoms with E-state index >= 15 is 0 Å². The summed E-state index contributed by atoms with van der Waals surface area (Å²) in [5.41, 5.74) is 3.05. The number of aromatic nitrogens is 1. The fourth-order valence-corrected chi connectivity index (χ4v) is 3.99. The molecule has 0 N–H and O–H groups in total. The van der Waals surface area contributed by atoms with Gasteiger partial charge in [-0.2, -0.15) is 0 Å². The van der Waals surface area contributed by atoms with Crippen LogP contribution in [-0.2, 0) is 4.79 Å². The Morgan fingerprint density at radius 1 is 1.11 bits per heavy atom. The van der Waals surface area contributed by atoms with Gasteiger partial charge in [-0.05, 0) is 49.7 Å². The third-order valence-corrected chi connectivity index (χ3v) is 5.46. The lowest BCUT2D eigenvalue weighted by Crippen LogP contribution is -2.26. The molecule has 0 unspecified atom stereocenters. The van der Waals surface area contributed by atoms with Crippen molar-refractivity contribution in [3.05, 3.63) is 71.2 Å². The topological polar surface area (TPSA) is 53.5 Å². The van der Waals surface area contributed by atoms with Crippen molar-refractivity contribution < 1.29 is 9.59 Å². The minimum atomic E-state index is -0.144. The maximum Gasteiger partial charge on any atom is 0.264 e. The van der Waals surface area contributed by atoms with Gasteiger partial charge in [0.15, 0.2) is 5.13 Å². The first kappa shape index (κ1) is 17.4. The molecule has 4 rings (SSSR count). The molecule has 2 aromatic carbocycles. The summed E-state index contributed by atoms with van der Waals surface area (Å²) >= 11 is 1.44. The molecule has 5 nitrogen and oxygen atoms in total. The number of carbonyl (C=O) groups excluding carboxylic acids is 2. The highest BCUT2D eigenvalue weighted by atomic mass is 32.1. The van der Waals surface area contributed by atoms with E-state index in [4.69, 9.17) is 0 Å². The summed E-state index contributed by atoms with van der Waals surface area (Å²) < 4.78 is 0. The van der Waals surface area contributed by atoms with E-state index in [1.807, 2.05) is 54.8 Å². The molecular weight excluding hydrogens is 358 g/mol. The summed E-state index contributed by atoms with van der Waals surface area (Å²) in [5.74, 6) is -0.00639. The highest BCUT2D eigenvalue weighted by Gasteiger charge is 2.24. The van der Waals surface area contributed by atoms with E-state index in [-0.39, 0.29) is 11.8 Å². The number of carbonyl (C=O) groups is 2. The van der Waals surface area contributed by atoms with E-state index in [2.05, 4.69) is 4.98 Å². The SMILES string of the molecule is Cc1csc(N(C(=O)c2ccc(N3CCCC3=O)cc2)c2ccccc2)n1. The summed E-state index contributed by atoms with van der Waals surface area (Å²) in [7, 11) is 0. The number of aryl methyl sites for hydroxylation is 1. The Kier molecular flexibility index (Phi) is 4.73. The molecular formula is C21H19N3O2S. The molecule has 1 aromatic heterocycles. The predicted molar refractivity (Wildman–Crippen MR) is 108 cm³/mol. The lowest BCUT2D eigenvalue weighted by Gasteiger charge is -2.21. The molecule has 1 aliphatic heterocycles. The van der Waals surface area contributed by atoms with Gasteiger partial charge in [0.25, 0.3) is 5.91 Å². The van der Waals surface area contributed by atoms with Crippen LogP contribution in [-0.4, -0.2) is 23.3 Å². The van der Waals surface area contributed by atoms with Crippen LogP contribution in [0.1, 0.15) is 28.9 Å². The zero-order valence-corrected chi connectivity index (χ0v) is 15.8. The predicted octanol–water partition coefficient (Wildman–Crippen LogP) is 4.56. The Balaban J connectivity index is 1.66. The minimum Gasteiger partial charge on any atom is -0.312 e. The van der Waals surface area contributed by atoms with Crippen molar-refractivity contribution >= 4 is 39.7 Å². The van der Waals surface area contributed by atoms with Crippen molar-refractivity contribution in [2.75, 3.05) is 16.3 Å².